The summed E-state index contributed by atoms with van der Waals surface area (Å²) in [5, 5.41) is 9.56. The molecule has 0 heterocycles. The van der Waals surface area contributed by atoms with Crippen molar-refractivity contribution >= 4 is 21.4 Å². The molecule has 0 radical (unpaired) electrons. The van der Waals surface area contributed by atoms with Crippen LogP contribution in [0.1, 0.15) is 35.4 Å². The third-order valence-electron chi connectivity index (χ3n) is 5.65. The number of benzene rings is 2. The van der Waals surface area contributed by atoms with Crippen LogP contribution in [0.2, 0.25) is 0 Å². The lowest BCUT2D eigenvalue weighted by atomic mass is 9.85. The van der Waals surface area contributed by atoms with Crippen LogP contribution in [0.5, 0.6) is 0 Å². The first-order valence-corrected chi connectivity index (χ1v) is 11.5. The topological polar surface area (TPSA) is 123 Å². The van der Waals surface area contributed by atoms with Crippen molar-refractivity contribution in [3.63, 3.8) is 0 Å². The minimum Gasteiger partial charge on any atom is -0.398 e. The second-order valence-corrected chi connectivity index (χ2v) is 10.2. The lowest BCUT2D eigenvalue weighted by Crippen LogP contribution is -2.54. The molecule has 2 aromatic rings. The Morgan fingerprint density at radius 1 is 1.00 bits per heavy atom. The predicted octanol–water partition coefficient (Wildman–Crippen LogP) is 3.38. The van der Waals surface area contributed by atoms with E-state index in [1.54, 1.807) is 0 Å². The summed E-state index contributed by atoms with van der Waals surface area (Å²) in [5.74, 6) is -2.37. The summed E-state index contributed by atoms with van der Waals surface area (Å²) >= 11 is 0. The molecule has 1 amide bonds. The molecule has 0 saturated heterocycles. The smallest absolute Gasteiger partial charge is 0.398 e. The number of carbonyl (C=O) groups excluding carboxylic acids is 1. The normalized spacial score (nSPS) is 16.3. The van der Waals surface area contributed by atoms with Crippen molar-refractivity contribution in [1.29, 1.82) is 0 Å². The summed E-state index contributed by atoms with van der Waals surface area (Å²) in [7, 11) is -3.56. The average Bonchev–Trinajstić information content (AvgIpc) is 3.50. The Kier molecular flexibility index (Phi) is 6.42. The van der Waals surface area contributed by atoms with Crippen LogP contribution in [0, 0.1) is 5.92 Å². The molecule has 0 bridgehead atoms. The van der Waals surface area contributed by atoms with E-state index in [4.69, 9.17) is 11.5 Å². The highest BCUT2D eigenvalue weighted by Crippen LogP contribution is 2.50. The molecule has 1 unspecified atom stereocenters. The Morgan fingerprint density at radius 3 is 1.94 bits per heavy atom. The quantitative estimate of drug-likeness (QED) is 0.389. The minimum atomic E-state index is -6.11. The molecular formula is C21H20F6N2O4S. The number of hydrogen-bond acceptors (Lipinski definition) is 5. The highest BCUT2D eigenvalue weighted by atomic mass is 32.2. The number of carbonyl (C=O) groups is 1. The molecule has 186 valence electrons. The van der Waals surface area contributed by atoms with E-state index in [1.807, 2.05) is 0 Å². The first-order valence-electron chi connectivity index (χ1n) is 9.87. The fourth-order valence-electron chi connectivity index (χ4n) is 3.61. The van der Waals surface area contributed by atoms with Crippen molar-refractivity contribution in [1.82, 2.24) is 0 Å². The van der Waals surface area contributed by atoms with Crippen molar-refractivity contribution in [2.75, 3.05) is 11.5 Å². The zero-order valence-corrected chi connectivity index (χ0v) is 18.1. The lowest BCUT2D eigenvalue weighted by molar-refractivity contribution is -0.376. The third kappa shape index (κ3) is 4.71. The van der Waals surface area contributed by atoms with E-state index in [0.29, 0.717) is 6.07 Å². The minimum absolute atomic E-state index is 0.00453. The van der Waals surface area contributed by atoms with Crippen molar-refractivity contribution in [3.8, 4) is 0 Å². The van der Waals surface area contributed by atoms with E-state index in [0.717, 1.165) is 18.9 Å². The summed E-state index contributed by atoms with van der Waals surface area (Å²) in [5.41, 5.74) is 3.59. The van der Waals surface area contributed by atoms with Crippen LogP contribution in [-0.4, -0.2) is 37.5 Å². The average molecular weight is 510 g/mol. The number of anilines is 1. The maximum Gasteiger partial charge on any atom is 0.430 e. The molecule has 6 nitrogen and oxygen atoms in total. The summed E-state index contributed by atoms with van der Waals surface area (Å²) in [4.78, 5) is 12.1. The van der Waals surface area contributed by atoms with Gasteiger partial charge in [0, 0.05) is 11.3 Å². The number of aliphatic hydroxyl groups is 1. The Labute approximate surface area is 190 Å². The number of hydrogen-bond donors (Lipinski definition) is 3. The lowest BCUT2D eigenvalue weighted by Gasteiger charge is -2.33. The number of primary amides is 1. The van der Waals surface area contributed by atoms with Crippen molar-refractivity contribution in [2.45, 2.75) is 41.6 Å². The number of amides is 1. The zero-order valence-electron chi connectivity index (χ0n) is 17.3. The highest BCUT2D eigenvalue weighted by Gasteiger charge is 2.71. The number of halogens is 6. The molecule has 1 aliphatic carbocycles. The molecule has 1 saturated carbocycles. The Hall–Kier alpha value is -2.80. The zero-order chi connectivity index (χ0) is 25.7. The fraction of sp³-hybridized carbons (Fsp3) is 0.381. The molecule has 3 rings (SSSR count). The molecule has 1 aliphatic rings. The summed E-state index contributed by atoms with van der Waals surface area (Å²) in [6.45, 7) is 0. The summed E-state index contributed by atoms with van der Waals surface area (Å²) in [6.07, 6.45) is -10.6. The van der Waals surface area contributed by atoms with Crippen LogP contribution >= 0.6 is 0 Å². The largest absolute Gasteiger partial charge is 0.430 e. The number of nitrogen functional groups attached to an aromatic ring is 1. The maximum absolute atomic E-state index is 13.2. The SMILES string of the molecule is NC(=O)C(c1ccc(S(=O)(=O)CC2CC2)cc1)c1ccc(C(O)(C(F)(F)F)C(F)(F)F)cc1N. The van der Waals surface area contributed by atoms with Crippen LogP contribution in [0.3, 0.4) is 0 Å². The third-order valence-corrected chi connectivity index (χ3v) is 7.55. The van der Waals surface area contributed by atoms with Crippen molar-refractivity contribution in [2.24, 2.45) is 11.7 Å². The Bertz CT molecular complexity index is 1180. The number of alkyl halides is 6. The van der Waals surface area contributed by atoms with Gasteiger partial charge in [-0.25, -0.2) is 8.42 Å². The molecule has 1 fully saturated rings. The van der Waals surface area contributed by atoms with Crippen LogP contribution in [0.4, 0.5) is 32.0 Å². The Morgan fingerprint density at radius 2 is 1.53 bits per heavy atom. The van der Waals surface area contributed by atoms with E-state index >= 15 is 0 Å². The van der Waals surface area contributed by atoms with Crippen LogP contribution < -0.4 is 11.5 Å². The van der Waals surface area contributed by atoms with Crippen molar-refractivity contribution < 1.29 is 44.7 Å². The summed E-state index contributed by atoms with van der Waals surface area (Å²) in [6, 6.07) is 6.38. The number of sulfone groups is 1. The Balaban J connectivity index is 2.01. The van der Waals surface area contributed by atoms with E-state index in [1.165, 1.54) is 24.3 Å². The fourth-order valence-corrected chi connectivity index (χ4v) is 5.30. The van der Waals surface area contributed by atoms with Gasteiger partial charge in [-0.3, -0.25) is 4.79 Å². The van der Waals surface area contributed by atoms with Gasteiger partial charge in [0.25, 0.3) is 5.60 Å². The molecule has 0 aromatic heterocycles. The highest BCUT2D eigenvalue weighted by molar-refractivity contribution is 7.91. The molecule has 0 aliphatic heterocycles. The van der Waals surface area contributed by atoms with Gasteiger partial charge in [0.1, 0.15) is 0 Å². The molecule has 0 spiro atoms. The molecule has 34 heavy (non-hydrogen) atoms. The second-order valence-electron chi connectivity index (χ2n) is 8.18. The number of rotatable bonds is 7. The summed E-state index contributed by atoms with van der Waals surface area (Å²) < 4.78 is 104. The van der Waals surface area contributed by atoms with Gasteiger partial charge in [-0.05, 0) is 48.1 Å². The molecular weight excluding hydrogens is 490 g/mol. The second kappa shape index (κ2) is 8.45. The molecule has 2 aromatic carbocycles. The van der Waals surface area contributed by atoms with Gasteiger partial charge in [-0.2, -0.15) is 26.3 Å². The van der Waals surface area contributed by atoms with Crippen LogP contribution in [0.25, 0.3) is 0 Å². The van der Waals surface area contributed by atoms with E-state index in [-0.39, 0.29) is 33.8 Å². The first kappa shape index (κ1) is 25.8. The van der Waals surface area contributed by atoms with E-state index in [9.17, 15) is 44.7 Å². The molecule has 13 heteroatoms. The van der Waals surface area contributed by atoms with Gasteiger partial charge in [0.2, 0.25) is 5.91 Å². The molecule has 1 atom stereocenters. The van der Waals surface area contributed by atoms with E-state index in [2.05, 4.69) is 0 Å². The van der Waals surface area contributed by atoms with Crippen LogP contribution in [0.15, 0.2) is 47.4 Å². The monoisotopic (exact) mass is 510 g/mol. The maximum atomic E-state index is 13.2. The van der Waals surface area contributed by atoms with Crippen LogP contribution in [-0.2, 0) is 20.2 Å². The van der Waals surface area contributed by atoms with E-state index < -0.39 is 50.9 Å². The predicted molar refractivity (Wildman–Crippen MR) is 109 cm³/mol. The standard InChI is InChI=1S/C21H20F6N2O4S/c22-20(23,24)19(31,21(25,26)27)13-5-8-15(16(28)9-13)17(18(29)30)12-3-6-14(7-4-12)34(32,33)10-11-1-2-11/h3-9,11,17,31H,1-2,10,28H2,(H2,29,30). The van der Waals surface area contributed by atoms with Gasteiger partial charge >= 0.3 is 12.4 Å². The van der Waals surface area contributed by atoms with Crippen molar-refractivity contribution in [3.05, 3.63) is 59.2 Å². The van der Waals surface area contributed by atoms with Gasteiger partial charge in [-0.15, -0.1) is 0 Å². The van der Waals surface area contributed by atoms with Gasteiger partial charge < -0.3 is 16.6 Å². The number of nitrogens with two attached hydrogens (primary N) is 2. The molecule has 5 N–H and O–H groups in total. The van der Waals surface area contributed by atoms with Gasteiger partial charge in [0.15, 0.2) is 9.84 Å². The first-order chi connectivity index (χ1) is 15.5. The van der Waals surface area contributed by atoms with Gasteiger partial charge in [-0.1, -0.05) is 24.3 Å². The van der Waals surface area contributed by atoms with Gasteiger partial charge in [0.05, 0.1) is 16.6 Å².